The molecule has 0 fully saturated rings. The molecule has 0 bridgehead atoms. The van der Waals surface area contributed by atoms with Crippen LogP contribution in [0.5, 0.6) is 0 Å². The molecule has 0 spiro atoms. The number of hydrogen-bond donors (Lipinski definition) is 0. The van der Waals surface area contributed by atoms with E-state index in [2.05, 4.69) is 20.8 Å². The number of unbranched alkanes of at least 4 members (excludes halogenated alkanes) is 3. The zero-order chi connectivity index (χ0) is 10.8. The van der Waals surface area contributed by atoms with Crippen molar-refractivity contribution in [2.75, 3.05) is 13.2 Å². The van der Waals surface area contributed by atoms with Crippen molar-refractivity contribution in [1.82, 2.24) is 0 Å². The lowest BCUT2D eigenvalue weighted by molar-refractivity contribution is -0.137. The van der Waals surface area contributed by atoms with Crippen molar-refractivity contribution in [3.63, 3.8) is 0 Å². The van der Waals surface area contributed by atoms with Crippen LogP contribution < -0.4 is 0 Å². The second-order valence-electron chi connectivity index (χ2n) is 4.23. The molecule has 2 nitrogen and oxygen atoms in total. The zero-order valence-electron chi connectivity index (χ0n) is 10.2. The summed E-state index contributed by atoms with van der Waals surface area (Å²) in [6.45, 7) is 10.1. The van der Waals surface area contributed by atoms with E-state index in [1.807, 2.05) is 6.92 Å². The maximum absolute atomic E-state index is 5.52. The lowest BCUT2D eigenvalue weighted by Gasteiger charge is -2.15. The topological polar surface area (TPSA) is 18.5 Å². The van der Waals surface area contributed by atoms with Crippen molar-refractivity contribution in [2.24, 2.45) is 5.92 Å². The van der Waals surface area contributed by atoms with Gasteiger partial charge in [-0.3, -0.25) is 0 Å². The van der Waals surface area contributed by atoms with Gasteiger partial charge in [-0.15, -0.1) is 0 Å². The van der Waals surface area contributed by atoms with Gasteiger partial charge in [0.05, 0.1) is 6.61 Å². The molecule has 0 radical (unpaired) electrons. The van der Waals surface area contributed by atoms with E-state index in [4.69, 9.17) is 9.47 Å². The zero-order valence-corrected chi connectivity index (χ0v) is 10.2. The maximum Gasteiger partial charge on any atom is 0.154 e. The van der Waals surface area contributed by atoms with E-state index in [-0.39, 0.29) is 6.29 Å². The number of ether oxygens (including phenoxy) is 2. The molecule has 1 unspecified atom stereocenters. The summed E-state index contributed by atoms with van der Waals surface area (Å²) in [5.74, 6) is 0.584. The van der Waals surface area contributed by atoms with Gasteiger partial charge in [-0.2, -0.15) is 0 Å². The molecule has 14 heavy (non-hydrogen) atoms. The average molecular weight is 202 g/mol. The largest absolute Gasteiger partial charge is 0.353 e. The van der Waals surface area contributed by atoms with Gasteiger partial charge in [0.1, 0.15) is 0 Å². The maximum atomic E-state index is 5.52. The number of hydrogen-bond acceptors (Lipinski definition) is 2. The van der Waals surface area contributed by atoms with Crippen LogP contribution in [0.2, 0.25) is 0 Å². The van der Waals surface area contributed by atoms with Crippen LogP contribution >= 0.6 is 0 Å². The van der Waals surface area contributed by atoms with Crippen LogP contribution in [-0.2, 0) is 9.47 Å². The van der Waals surface area contributed by atoms with Crippen LogP contribution in [0.25, 0.3) is 0 Å². The van der Waals surface area contributed by atoms with Crippen molar-refractivity contribution >= 4 is 0 Å². The standard InChI is InChI=1S/C12H26O2/c1-5-6-7-8-9-13-12(4)14-10-11(2)3/h11-12H,5-10H2,1-4H3. The summed E-state index contributed by atoms with van der Waals surface area (Å²) >= 11 is 0. The Morgan fingerprint density at radius 3 is 2.21 bits per heavy atom. The van der Waals surface area contributed by atoms with Gasteiger partial charge in [0.15, 0.2) is 6.29 Å². The molecule has 0 N–H and O–H groups in total. The van der Waals surface area contributed by atoms with Crippen molar-refractivity contribution in [2.45, 2.75) is 59.7 Å². The smallest absolute Gasteiger partial charge is 0.154 e. The Balaban J connectivity index is 3.14. The molecule has 0 aromatic carbocycles. The van der Waals surface area contributed by atoms with Gasteiger partial charge >= 0.3 is 0 Å². The van der Waals surface area contributed by atoms with E-state index in [0.29, 0.717) is 5.92 Å². The molecule has 0 aliphatic heterocycles. The highest BCUT2D eigenvalue weighted by molar-refractivity contribution is 4.43. The average Bonchev–Trinajstić information content (AvgIpc) is 2.14. The lowest BCUT2D eigenvalue weighted by Crippen LogP contribution is -2.16. The summed E-state index contributed by atoms with van der Waals surface area (Å²) < 4.78 is 11.0. The fraction of sp³-hybridized carbons (Fsp3) is 1.00. The first-order valence-electron chi connectivity index (χ1n) is 5.90. The Morgan fingerprint density at radius 2 is 1.64 bits per heavy atom. The fourth-order valence-corrected chi connectivity index (χ4v) is 1.15. The second-order valence-corrected chi connectivity index (χ2v) is 4.23. The van der Waals surface area contributed by atoms with Gasteiger partial charge in [-0.05, 0) is 19.3 Å². The van der Waals surface area contributed by atoms with E-state index < -0.39 is 0 Å². The van der Waals surface area contributed by atoms with Gasteiger partial charge in [0, 0.05) is 6.61 Å². The molecule has 0 aliphatic rings. The van der Waals surface area contributed by atoms with E-state index in [1.165, 1.54) is 19.3 Å². The summed E-state index contributed by atoms with van der Waals surface area (Å²) in [4.78, 5) is 0. The Labute approximate surface area is 89.0 Å². The highest BCUT2D eigenvalue weighted by Crippen LogP contribution is 2.03. The van der Waals surface area contributed by atoms with Gasteiger partial charge in [-0.25, -0.2) is 0 Å². The van der Waals surface area contributed by atoms with Crippen LogP contribution in [-0.4, -0.2) is 19.5 Å². The third kappa shape index (κ3) is 10.0. The van der Waals surface area contributed by atoms with Crippen molar-refractivity contribution in [3.8, 4) is 0 Å². The quantitative estimate of drug-likeness (QED) is 0.420. The molecular weight excluding hydrogens is 176 g/mol. The third-order valence-corrected chi connectivity index (χ3v) is 2.01. The minimum atomic E-state index is -0.0426. The summed E-state index contributed by atoms with van der Waals surface area (Å²) in [5, 5.41) is 0. The molecule has 1 atom stereocenters. The monoisotopic (exact) mass is 202 g/mol. The molecule has 0 aromatic rings. The van der Waals surface area contributed by atoms with Crippen LogP contribution in [0.1, 0.15) is 53.4 Å². The van der Waals surface area contributed by atoms with E-state index in [1.54, 1.807) is 0 Å². The molecule has 86 valence electrons. The second kappa shape index (κ2) is 9.47. The van der Waals surface area contributed by atoms with Crippen LogP contribution in [0, 0.1) is 5.92 Å². The minimum absolute atomic E-state index is 0.0426. The fourth-order valence-electron chi connectivity index (χ4n) is 1.15. The highest BCUT2D eigenvalue weighted by Gasteiger charge is 2.02. The molecule has 0 aliphatic carbocycles. The normalized spacial score (nSPS) is 13.5. The van der Waals surface area contributed by atoms with Crippen molar-refractivity contribution in [3.05, 3.63) is 0 Å². The Bertz CT molecular complexity index is 113. The minimum Gasteiger partial charge on any atom is -0.353 e. The molecule has 0 rings (SSSR count). The Hall–Kier alpha value is -0.0800. The molecule has 0 saturated heterocycles. The van der Waals surface area contributed by atoms with E-state index in [0.717, 1.165) is 19.6 Å². The lowest BCUT2D eigenvalue weighted by atomic mass is 10.2. The van der Waals surface area contributed by atoms with Crippen LogP contribution in [0.15, 0.2) is 0 Å². The molecule has 0 heterocycles. The molecule has 2 heteroatoms. The first-order valence-corrected chi connectivity index (χ1v) is 5.90. The van der Waals surface area contributed by atoms with Gasteiger partial charge in [0.25, 0.3) is 0 Å². The molecular formula is C12H26O2. The van der Waals surface area contributed by atoms with Crippen molar-refractivity contribution < 1.29 is 9.47 Å². The van der Waals surface area contributed by atoms with Gasteiger partial charge < -0.3 is 9.47 Å². The Morgan fingerprint density at radius 1 is 0.929 bits per heavy atom. The van der Waals surface area contributed by atoms with E-state index in [9.17, 15) is 0 Å². The first-order chi connectivity index (χ1) is 6.66. The molecule has 0 saturated carbocycles. The predicted octanol–water partition coefficient (Wildman–Crippen LogP) is 3.60. The number of rotatable bonds is 9. The summed E-state index contributed by atoms with van der Waals surface area (Å²) in [6, 6.07) is 0. The highest BCUT2D eigenvalue weighted by atomic mass is 16.7. The summed E-state index contributed by atoms with van der Waals surface area (Å²) in [5.41, 5.74) is 0. The third-order valence-electron chi connectivity index (χ3n) is 2.01. The van der Waals surface area contributed by atoms with Gasteiger partial charge in [0.2, 0.25) is 0 Å². The van der Waals surface area contributed by atoms with Crippen molar-refractivity contribution in [1.29, 1.82) is 0 Å². The van der Waals surface area contributed by atoms with Crippen LogP contribution in [0.4, 0.5) is 0 Å². The molecule has 0 amide bonds. The van der Waals surface area contributed by atoms with E-state index >= 15 is 0 Å². The Kier molecular flexibility index (Phi) is 9.42. The molecule has 0 aromatic heterocycles. The predicted molar refractivity (Wildman–Crippen MR) is 60.3 cm³/mol. The van der Waals surface area contributed by atoms with Gasteiger partial charge in [-0.1, -0.05) is 40.0 Å². The van der Waals surface area contributed by atoms with Crippen LogP contribution in [0.3, 0.4) is 0 Å². The summed E-state index contributed by atoms with van der Waals surface area (Å²) in [6.07, 6.45) is 4.97. The summed E-state index contributed by atoms with van der Waals surface area (Å²) in [7, 11) is 0. The first kappa shape index (κ1) is 13.9. The SMILES string of the molecule is CCCCCCOC(C)OCC(C)C.